The van der Waals surface area contributed by atoms with Gasteiger partial charge in [-0.05, 0) is 37.0 Å². The van der Waals surface area contributed by atoms with Crippen LogP contribution in [0.4, 0.5) is 0 Å². The molecule has 1 aliphatic rings. The maximum atomic E-state index is 12.5. The first-order chi connectivity index (χ1) is 8.88. The van der Waals surface area contributed by atoms with E-state index in [0.29, 0.717) is 36.1 Å². The number of nitrogens with two attached hydrogens (primary N) is 1. The van der Waals surface area contributed by atoms with Crippen molar-refractivity contribution in [3.05, 3.63) is 0 Å². The molecule has 0 spiro atoms. The summed E-state index contributed by atoms with van der Waals surface area (Å²) in [4.78, 5) is 14.5. The molecule has 1 fully saturated rings. The Morgan fingerprint density at radius 3 is 2.21 bits per heavy atom. The molecule has 0 aromatic carbocycles. The summed E-state index contributed by atoms with van der Waals surface area (Å²) in [6, 6.07) is 0.315. The van der Waals surface area contributed by atoms with Crippen molar-refractivity contribution in [2.45, 2.75) is 65.8 Å². The second-order valence-electron chi connectivity index (χ2n) is 7.08. The van der Waals surface area contributed by atoms with Gasteiger partial charge in [0.2, 0.25) is 5.91 Å². The highest BCUT2D eigenvalue weighted by Crippen LogP contribution is 2.26. The Hall–Kier alpha value is -0.570. The van der Waals surface area contributed by atoms with Crippen molar-refractivity contribution in [2.24, 2.45) is 23.5 Å². The van der Waals surface area contributed by atoms with Gasteiger partial charge >= 0.3 is 0 Å². The van der Waals surface area contributed by atoms with Crippen LogP contribution >= 0.6 is 0 Å². The lowest BCUT2D eigenvalue weighted by molar-refractivity contribution is -0.133. The minimum atomic E-state index is 0.315. The Bertz CT molecular complexity index is 266. The maximum Gasteiger partial charge on any atom is 0.222 e. The molecular weight excluding hydrogens is 236 g/mol. The Kier molecular flexibility index (Phi) is 6.84. The molecule has 3 nitrogen and oxygen atoms in total. The number of hydrogen-bond donors (Lipinski definition) is 1. The molecule has 0 heterocycles. The third-order valence-corrected chi connectivity index (χ3v) is 3.81. The molecule has 1 rings (SSSR count). The number of amides is 1. The normalized spacial score (nSPS) is 23.9. The van der Waals surface area contributed by atoms with E-state index in [2.05, 4.69) is 32.6 Å². The van der Waals surface area contributed by atoms with Gasteiger partial charge in [-0.15, -0.1) is 0 Å². The van der Waals surface area contributed by atoms with E-state index in [1.165, 1.54) is 12.8 Å². The van der Waals surface area contributed by atoms with Gasteiger partial charge < -0.3 is 10.6 Å². The largest absolute Gasteiger partial charge is 0.342 e. The molecule has 2 atom stereocenters. The number of rotatable bonds is 6. The highest BCUT2D eigenvalue weighted by molar-refractivity contribution is 5.76. The molecule has 0 bridgehead atoms. The van der Waals surface area contributed by atoms with Crippen molar-refractivity contribution in [1.29, 1.82) is 0 Å². The summed E-state index contributed by atoms with van der Waals surface area (Å²) < 4.78 is 0. The molecule has 0 radical (unpaired) electrons. The van der Waals surface area contributed by atoms with Crippen molar-refractivity contribution in [3.8, 4) is 0 Å². The lowest BCUT2D eigenvalue weighted by atomic mass is 9.84. The molecule has 0 aromatic heterocycles. The fraction of sp³-hybridized carbons (Fsp3) is 0.938. The van der Waals surface area contributed by atoms with Crippen LogP contribution in [0.2, 0.25) is 0 Å². The SMILES string of the molecule is CC(C)CN(CC(C)C)C(=O)CC1CCCC(N)C1. The molecule has 0 saturated heterocycles. The molecule has 1 aliphatic carbocycles. The van der Waals surface area contributed by atoms with Gasteiger partial charge in [-0.3, -0.25) is 4.79 Å². The average molecular weight is 268 g/mol. The lowest BCUT2D eigenvalue weighted by Gasteiger charge is -2.31. The fourth-order valence-corrected chi connectivity index (χ4v) is 3.05. The van der Waals surface area contributed by atoms with Crippen LogP contribution in [-0.2, 0) is 4.79 Å². The molecule has 0 aliphatic heterocycles. The Balaban J connectivity index is 2.50. The zero-order chi connectivity index (χ0) is 14.4. The van der Waals surface area contributed by atoms with Crippen molar-refractivity contribution in [2.75, 3.05) is 13.1 Å². The quantitative estimate of drug-likeness (QED) is 0.805. The summed E-state index contributed by atoms with van der Waals surface area (Å²) in [5, 5.41) is 0. The lowest BCUT2D eigenvalue weighted by Crippen LogP contribution is -2.39. The van der Waals surface area contributed by atoms with E-state index in [0.717, 1.165) is 25.9 Å². The topological polar surface area (TPSA) is 46.3 Å². The predicted molar refractivity (Wildman–Crippen MR) is 80.8 cm³/mol. The Labute approximate surface area is 118 Å². The van der Waals surface area contributed by atoms with Gasteiger partial charge in [0.15, 0.2) is 0 Å². The molecule has 0 aromatic rings. The van der Waals surface area contributed by atoms with Crippen molar-refractivity contribution < 1.29 is 4.79 Å². The van der Waals surface area contributed by atoms with Crippen LogP contribution in [0, 0.1) is 17.8 Å². The third-order valence-electron chi connectivity index (χ3n) is 3.81. The van der Waals surface area contributed by atoms with Gasteiger partial charge in [-0.1, -0.05) is 34.1 Å². The summed E-state index contributed by atoms with van der Waals surface area (Å²) >= 11 is 0. The fourth-order valence-electron chi connectivity index (χ4n) is 3.05. The van der Waals surface area contributed by atoms with Crippen LogP contribution in [0.3, 0.4) is 0 Å². The molecule has 2 N–H and O–H groups in total. The Morgan fingerprint density at radius 2 is 1.74 bits per heavy atom. The van der Waals surface area contributed by atoms with Crippen LogP contribution in [-0.4, -0.2) is 29.9 Å². The molecule has 3 heteroatoms. The number of carbonyl (C=O) groups excluding carboxylic acids is 1. The van der Waals surface area contributed by atoms with Crippen molar-refractivity contribution in [1.82, 2.24) is 4.90 Å². The van der Waals surface area contributed by atoms with E-state index in [1.54, 1.807) is 0 Å². The van der Waals surface area contributed by atoms with Crippen LogP contribution in [0.15, 0.2) is 0 Å². The zero-order valence-electron chi connectivity index (χ0n) is 13.2. The minimum Gasteiger partial charge on any atom is -0.342 e. The van der Waals surface area contributed by atoms with Gasteiger partial charge in [0.05, 0.1) is 0 Å². The second-order valence-corrected chi connectivity index (χ2v) is 7.08. The van der Waals surface area contributed by atoms with Crippen LogP contribution in [0.1, 0.15) is 59.8 Å². The standard InChI is InChI=1S/C16H32N2O/c1-12(2)10-18(11-13(3)4)16(19)9-14-6-5-7-15(17)8-14/h12-15H,5-11,17H2,1-4H3. The van der Waals surface area contributed by atoms with Crippen LogP contribution in [0.5, 0.6) is 0 Å². The molecular formula is C16H32N2O. The molecule has 19 heavy (non-hydrogen) atoms. The summed E-state index contributed by atoms with van der Waals surface area (Å²) in [6.45, 7) is 10.5. The molecule has 1 amide bonds. The van der Waals surface area contributed by atoms with Gasteiger partial charge in [0, 0.05) is 25.6 Å². The van der Waals surface area contributed by atoms with Crippen molar-refractivity contribution in [3.63, 3.8) is 0 Å². The number of nitrogens with zero attached hydrogens (tertiary/aromatic N) is 1. The number of carbonyl (C=O) groups is 1. The summed E-state index contributed by atoms with van der Waals surface area (Å²) in [7, 11) is 0. The van der Waals surface area contributed by atoms with E-state index in [-0.39, 0.29) is 0 Å². The van der Waals surface area contributed by atoms with Crippen LogP contribution in [0.25, 0.3) is 0 Å². The Morgan fingerprint density at radius 1 is 1.16 bits per heavy atom. The monoisotopic (exact) mass is 268 g/mol. The van der Waals surface area contributed by atoms with E-state index >= 15 is 0 Å². The highest BCUT2D eigenvalue weighted by Gasteiger charge is 2.24. The maximum absolute atomic E-state index is 12.5. The average Bonchev–Trinajstić information content (AvgIpc) is 2.26. The highest BCUT2D eigenvalue weighted by atomic mass is 16.2. The van der Waals surface area contributed by atoms with E-state index in [4.69, 9.17) is 5.73 Å². The first-order valence-electron chi connectivity index (χ1n) is 7.91. The van der Waals surface area contributed by atoms with E-state index in [9.17, 15) is 4.79 Å². The molecule has 1 saturated carbocycles. The predicted octanol–water partition coefficient (Wildman–Crippen LogP) is 3.03. The van der Waals surface area contributed by atoms with Gasteiger partial charge in [-0.2, -0.15) is 0 Å². The summed E-state index contributed by atoms with van der Waals surface area (Å²) in [5.74, 6) is 1.92. The summed E-state index contributed by atoms with van der Waals surface area (Å²) in [5.41, 5.74) is 6.01. The molecule has 2 unspecified atom stereocenters. The van der Waals surface area contributed by atoms with Gasteiger partial charge in [-0.25, -0.2) is 0 Å². The first-order valence-corrected chi connectivity index (χ1v) is 7.91. The summed E-state index contributed by atoms with van der Waals surface area (Å²) in [6.07, 6.45) is 5.23. The third kappa shape index (κ3) is 6.42. The number of hydrogen-bond acceptors (Lipinski definition) is 2. The van der Waals surface area contributed by atoms with Crippen LogP contribution < -0.4 is 5.73 Å². The second kappa shape index (κ2) is 7.88. The van der Waals surface area contributed by atoms with Gasteiger partial charge in [0.25, 0.3) is 0 Å². The van der Waals surface area contributed by atoms with E-state index < -0.39 is 0 Å². The smallest absolute Gasteiger partial charge is 0.222 e. The van der Waals surface area contributed by atoms with Gasteiger partial charge in [0.1, 0.15) is 0 Å². The molecule has 112 valence electrons. The first kappa shape index (κ1) is 16.5. The minimum absolute atomic E-state index is 0.315. The zero-order valence-corrected chi connectivity index (χ0v) is 13.2. The van der Waals surface area contributed by atoms with E-state index in [1.807, 2.05) is 0 Å². The van der Waals surface area contributed by atoms with Crippen molar-refractivity contribution >= 4 is 5.91 Å².